The van der Waals surface area contributed by atoms with E-state index in [4.69, 9.17) is 9.47 Å². The molecule has 3 aromatic rings. The van der Waals surface area contributed by atoms with Gasteiger partial charge in [0.05, 0.1) is 17.8 Å². The Labute approximate surface area is 180 Å². The molecule has 158 valence electrons. The lowest BCUT2D eigenvalue weighted by Gasteiger charge is -2.17. The number of non-ortho nitro benzene ring substituents is 1. The van der Waals surface area contributed by atoms with E-state index in [-0.39, 0.29) is 12.3 Å². The highest BCUT2D eigenvalue weighted by atomic mass is 16.6. The molecule has 7 nitrogen and oxygen atoms in total. The summed E-state index contributed by atoms with van der Waals surface area (Å²) in [6.45, 7) is 3.00. The van der Waals surface area contributed by atoms with Gasteiger partial charge in [-0.05, 0) is 47.9 Å². The van der Waals surface area contributed by atoms with Gasteiger partial charge in [0.25, 0.3) is 5.69 Å². The van der Waals surface area contributed by atoms with Crippen molar-refractivity contribution >= 4 is 12.0 Å². The van der Waals surface area contributed by atoms with Crippen molar-refractivity contribution in [3.05, 3.63) is 94.0 Å². The van der Waals surface area contributed by atoms with Crippen LogP contribution in [0.4, 0.5) is 5.69 Å². The first-order chi connectivity index (χ1) is 15.2. The molecule has 0 spiro atoms. The standard InChI is InChI=1S/C24H23N3O4/c28-27(29)21-11-9-19(10-12-21)17-30-23-7-3-4-8-24(23)31-22-6-2-1-5-20(22)13-15-26-16-14-25-18-26/h1-12,18H,13-17H2. The van der Waals surface area contributed by atoms with Gasteiger partial charge in [0, 0.05) is 25.2 Å². The number of rotatable bonds is 9. The predicted molar refractivity (Wildman–Crippen MR) is 119 cm³/mol. The van der Waals surface area contributed by atoms with E-state index in [0.717, 1.165) is 42.9 Å². The van der Waals surface area contributed by atoms with Crippen LogP contribution in [0.15, 0.2) is 77.8 Å². The smallest absolute Gasteiger partial charge is 0.269 e. The Morgan fingerprint density at radius 3 is 2.35 bits per heavy atom. The average molecular weight is 417 g/mol. The fourth-order valence-corrected chi connectivity index (χ4v) is 3.31. The maximum atomic E-state index is 10.8. The summed E-state index contributed by atoms with van der Waals surface area (Å²) < 4.78 is 12.2. The molecule has 0 amide bonds. The third-order valence-corrected chi connectivity index (χ3v) is 5.01. The van der Waals surface area contributed by atoms with Crippen LogP contribution in [-0.4, -0.2) is 35.8 Å². The van der Waals surface area contributed by atoms with E-state index in [9.17, 15) is 10.1 Å². The Morgan fingerprint density at radius 1 is 0.935 bits per heavy atom. The van der Waals surface area contributed by atoms with Gasteiger partial charge in [-0.15, -0.1) is 0 Å². The van der Waals surface area contributed by atoms with Crippen molar-refractivity contribution in [1.29, 1.82) is 0 Å². The van der Waals surface area contributed by atoms with Gasteiger partial charge in [-0.2, -0.15) is 0 Å². The number of hydrogen-bond acceptors (Lipinski definition) is 6. The minimum atomic E-state index is -0.415. The van der Waals surface area contributed by atoms with Crippen LogP contribution in [0.3, 0.4) is 0 Å². The molecule has 0 saturated carbocycles. The van der Waals surface area contributed by atoms with Crippen LogP contribution in [0.1, 0.15) is 11.1 Å². The lowest BCUT2D eigenvalue weighted by Crippen LogP contribution is -2.22. The largest absolute Gasteiger partial charge is 0.485 e. The van der Waals surface area contributed by atoms with Crippen molar-refractivity contribution in [2.75, 3.05) is 19.6 Å². The lowest BCUT2D eigenvalue weighted by molar-refractivity contribution is -0.384. The predicted octanol–water partition coefficient (Wildman–Crippen LogP) is 4.85. The number of hydrogen-bond donors (Lipinski definition) is 0. The van der Waals surface area contributed by atoms with Crippen LogP contribution in [0.5, 0.6) is 17.2 Å². The molecule has 31 heavy (non-hydrogen) atoms. The van der Waals surface area contributed by atoms with Crippen molar-refractivity contribution in [1.82, 2.24) is 4.90 Å². The van der Waals surface area contributed by atoms with E-state index in [2.05, 4.69) is 16.0 Å². The molecule has 1 heterocycles. The highest BCUT2D eigenvalue weighted by molar-refractivity contribution is 5.57. The molecule has 0 unspecified atom stereocenters. The number of benzene rings is 3. The van der Waals surface area contributed by atoms with E-state index in [0.29, 0.717) is 11.5 Å². The molecule has 4 rings (SSSR count). The number of nitrogens with zero attached hydrogens (tertiary/aromatic N) is 3. The molecular formula is C24H23N3O4. The summed E-state index contributed by atoms with van der Waals surface area (Å²) in [4.78, 5) is 16.9. The first kappa shape index (κ1) is 20.4. The van der Waals surface area contributed by atoms with Crippen molar-refractivity contribution in [3.8, 4) is 17.2 Å². The summed E-state index contributed by atoms with van der Waals surface area (Å²) in [6.07, 6.45) is 2.76. The summed E-state index contributed by atoms with van der Waals surface area (Å²) in [5.41, 5.74) is 2.02. The van der Waals surface area contributed by atoms with Gasteiger partial charge in [-0.3, -0.25) is 15.1 Å². The van der Waals surface area contributed by atoms with E-state index >= 15 is 0 Å². The zero-order valence-corrected chi connectivity index (χ0v) is 17.0. The zero-order chi connectivity index (χ0) is 21.5. The van der Waals surface area contributed by atoms with Gasteiger partial charge in [0.1, 0.15) is 12.4 Å². The maximum absolute atomic E-state index is 10.8. The van der Waals surface area contributed by atoms with Crippen molar-refractivity contribution in [3.63, 3.8) is 0 Å². The molecule has 7 heteroatoms. The quantitative estimate of drug-likeness (QED) is 0.367. The average Bonchev–Trinajstić information content (AvgIpc) is 3.32. The molecule has 0 N–H and O–H groups in total. The second-order valence-corrected chi connectivity index (χ2v) is 7.18. The van der Waals surface area contributed by atoms with Gasteiger partial charge in [-0.25, -0.2) is 0 Å². The molecule has 0 radical (unpaired) electrons. The van der Waals surface area contributed by atoms with E-state index < -0.39 is 4.92 Å². The van der Waals surface area contributed by atoms with Crippen LogP contribution < -0.4 is 9.47 Å². The second kappa shape index (κ2) is 9.75. The molecule has 0 fully saturated rings. The molecule has 3 aromatic carbocycles. The van der Waals surface area contributed by atoms with Gasteiger partial charge < -0.3 is 14.4 Å². The fraction of sp³-hybridized carbons (Fsp3) is 0.208. The highest BCUT2D eigenvalue weighted by Gasteiger charge is 2.12. The van der Waals surface area contributed by atoms with Gasteiger partial charge in [0.15, 0.2) is 11.5 Å². The Bertz CT molecular complexity index is 1070. The van der Waals surface area contributed by atoms with Crippen LogP contribution in [-0.2, 0) is 13.0 Å². The molecule has 0 atom stereocenters. The Morgan fingerprint density at radius 2 is 1.65 bits per heavy atom. The zero-order valence-electron chi connectivity index (χ0n) is 17.0. The molecular weight excluding hydrogens is 394 g/mol. The van der Waals surface area contributed by atoms with Crippen molar-refractivity contribution in [2.45, 2.75) is 13.0 Å². The normalized spacial score (nSPS) is 12.7. The van der Waals surface area contributed by atoms with Crippen LogP contribution >= 0.6 is 0 Å². The summed E-state index contributed by atoms with van der Waals surface area (Å²) in [6, 6.07) is 21.8. The lowest BCUT2D eigenvalue weighted by atomic mass is 10.1. The number of para-hydroxylation sites is 3. The molecule has 0 bridgehead atoms. The van der Waals surface area contributed by atoms with E-state index in [1.807, 2.05) is 48.8 Å². The summed E-state index contributed by atoms with van der Waals surface area (Å²) in [5.74, 6) is 2.03. The second-order valence-electron chi connectivity index (χ2n) is 7.18. The third-order valence-electron chi connectivity index (χ3n) is 5.01. The highest BCUT2D eigenvalue weighted by Crippen LogP contribution is 2.33. The summed E-state index contributed by atoms with van der Waals surface area (Å²) >= 11 is 0. The van der Waals surface area contributed by atoms with E-state index in [1.54, 1.807) is 12.1 Å². The minimum absolute atomic E-state index is 0.0595. The van der Waals surface area contributed by atoms with Crippen LogP contribution in [0, 0.1) is 10.1 Å². The molecule has 0 saturated heterocycles. The first-order valence-electron chi connectivity index (χ1n) is 10.1. The SMILES string of the molecule is O=[N+]([O-])c1ccc(COc2ccccc2Oc2ccccc2CCN2C=NCC2)cc1. The monoisotopic (exact) mass is 417 g/mol. The Hall–Kier alpha value is -3.87. The van der Waals surface area contributed by atoms with Crippen molar-refractivity contribution in [2.24, 2.45) is 4.99 Å². The Kier molecular flexibility index (Phi) is 6.42. The topological polar surface area (TPSA) is 77.2 Å². The van der Waals surface area contributed by atoms with Crippen LogP contribution in [0.25, 0.3) is 0 Å². The van der Waals surface area contributed by atoms with Gasteiger partial charge in [0.2, 0.25) is 0 Å². The van der Waals surface area contributed by atoms with Crippen LogP contribution in [0.2, 0.25) is 0 Å². The summed E-state index contributed by atoms with van der Waals surface area (Å²) in [7, 11) is 0. The molecule has 1 aliphatic rings. The third kappa shape index (κ3) is 5.39. The Balaban J connectivity index is 1.44. The molecule has 0 aliphatic carbocycles. The number of aliphatic imine (C=N–C) groups is 1. The van der Waals surface area contributed by atoms with E-state index in [1.165, 1.54) is 12.1 Å². The number of nitro groups is 1. The number of nitro benzene ring substituents is 1. The first-order valence-corrected chi connectivity index (χ1v) is 10.1. The number of ether oxygens (including phenoxy) is 2. The molecule has 0 aromatic heterocycles. The van der Waals surface area contributed by atoms with Gasteiger partial charge in [-0.1, -0.05) is 30.3 Å². The van der Waals surface area contributed by atoms with Crippen molar-refractivity contribution < 1.29 is 14.4 Å². The minimum Gasteiger partial charge on any atom is -0.485 e. The summed E-state index contributed by atoms with van der Waals surface area (Å²) in [5, 5.41) is 10.8. The fourth-order valence-electron chi connectivity index (χ4n) is 3.31. The van der Waals surface area contributed by atoms with Gasteiger partial charge >= 0.3 is 0 Å². The molecule has 1 aliphatic heterocycles. The maximum Gasteiger partial charge on any atom is 0.269 e.